The number of hydrogen-bond acceptors (Lipinski definition) is 2. The van der Waals surface area contributed by atoms with Crippen molar-refractivity contribution in [1.82, 2.24) is 9.80 Å². The van der Waals surface area contributed by atoms with Crippen LogP contribution in [0.5, 0.6) is 0 Å². The first kappa shape index (κ1) is 15.1. The van der Waals surface area contributed by atoms with Gasteiger partial charge in [0.15, 0.2) is 0 Å². The van der Waals surface area contributed by atoms with Gasteiger partial charge in [0.25, 0.3) is 0 Å². The molecule has 1 heterocycles. The van der Waals surface area contributed by atoms with Crippen molar-refractivity contribution in [2.24, 2.45) is 11.8 Å². The van der Waals surface area contributed by atoms with Crippen molar-refractivity contribution in [3.63, 3.8) is 0 Å². The van der Waals surface area contributed by atoms with Crippen molar-refractivity contribution in [1.29, 1.82) is 0 Å². The molecule has 2 amide bonds. The van der Waals surface area contributed by atoms with Crippen molar-refractivity contribution in [3.05, 3.63) is 12.2 Å². The first-order valence-corrected chi connectivity index (χ1v) is 7.74. The number of rotatable bonds is 5. The van der Waals surface area contributed by atoms with Gasteiger partial charge in [0.2, 0.25) is 11.8 Å². The number of piperidine rings is 1. The second-order valence-corrected chi connectivity index (χ2v) is 6.21. The maximum Gasteiger partial charge on any atom is 0.227 e. The Morgan fingerprint density at radius 2 is 1.95 bits per heavy atom. The lowest BCUT2D eigenvalue weighted by Crippen LogP contribution is -2.47. The van der Waals surface area contributed by atoms with Crippen molar-refractivity contribution >= 4 is 11.8 Å². The molecule has 0 spiro atoms. The zero-order valence-electron chi connectivity index (χ0n) is 12.7. The second kappa shape index (κ2) is 6.42. The van der Waals surface area contributed by atoms with Gasteiger partial charge in [-0.05, 0) is 39.5 Å². The van der Waals surface area contributed by atoms with Gasteiger partial charge in [-0.2, -0.15) is 0 Å². The van der Waals surface area contributed by atoms with Crippen LogP contribution < -0.4 is 0 Å². The summed E-state index contributed by atoms with van der Waals surface area (Å²) in [6.45, 7) is 10.6. The van der Waals surface area contributed by atoms with Crippen molar-refractivity contribution in [2.45, 2.75) is 39.5 Å². The third-order valence-electron chi connectivity index (χ3n) is 4.16. The lowest BCUT2D eigenvalue weighted by Gasteiger charge is -2.35. The van der Waals surface area contributed by atoms with Crippen LogP contribution in [0.4, 0.5) is 0 Å². The zero-order valence-corrected chi connectivity index (χ0v) is 12.7. The highest BCUT2D eigenvalue weighted by Gasteiger charge is 2.37. The third kappa shape index (κ3) is 3.62. The lowest BCUT2D eigenvalue weighted by molar-refractivity contribution is -0.141. The highest BCUT2D eigenvalue weighted by Crippen LogP contribution is 2.32. The van der Waals surface area contributed by atoms with E-state index in [1.807, 2.05) is 23.6 Å². The first-order valence-electron chi connectivity index (χ1n) is 7.74. The number of likely N-dealkylation sites (N-methyl/N-ethyl adjacent to an activating group) is 1. The van der Waals surface area contributed by atoms with E-state index >= 15 is 0 Å². The summed E-state index contributed by atoms with van der Waals surface area (Å²) in [5, 5.41) is 0. The number of carbonyl (C=O) groups is 2. The van der Waals surface area contributed by atoms with E-state index < -0.39 is 0 Å². The summed E-state index contributed by atoms with van der Waals surface area (Å²) in [4.78, 5) is 28.5. The summed E-state index contributed by atoms with van der Waals surface area (Å²) >= 11 is 0. The molecule has 112 valence electrons. The minimum Gasteiger partial charge on any atom is -0.342 e. The Hall–Kier alpha value is -1.32. The molecule has 1 saturated heterocycles. The SMILES string of the molecule is C=C(C)CN(CC)C(=O)[C@H]1CCCN(C(=O)C2CC2)C1. The molecule has 20 heavy (non-hydrogen) atoms. The van der Waals surface area contributed by atoms with E-state index in [1.165, 1.54) is 0 Å². The van der Waals surface area contributed by atoms with Crippen LogP contribution in [0.3, 0.4) is 0 Å². The summed E-state index contributed by atoms with van der Waals surface area (Å²) in [5.74, 6) is 0.682. The average Bonchev–Trinajstić information content (AvgIpc) is 3.27. The molecule has 0 N–H and O–H groups in total. The van der Waals surface area contributed by atoms with E-state index in [0.717, 1.165) is 37.8 Å². The number of hydrogen-bond donors (Lipinski definition) is 0. The topological polar surface area (TPSA) is 40.6 Å². The summed E-state index contributed by atoms with van der Waals surface area (Å²) in [5.41, 5.74) is 1.00. The summed E-state index contributed by atoms with van der Waals surface area (Å²) in [7, 11) is 0. The normalized spacial score (nSPS) is 22.5. The Morgan fingerprint density at radius 3 is 2.50 bits per heavy atom. The predicted molar refractivity (Wildman–Crippen MR) is 79.1 cm³/mol. The third-order valence-corrected chi connectivity index (χ3v) is 4.16. The molecule has 2 rings (SSSR count). The molecule has 2 fully saturated rings. The Morgan fingerprint density at radius 1 is 1.25 bits per heavy atom. The van der Waals surface area contributed by atoms with E-state index in [9.17, 15) is 9.59 Å². The monoisotopic (exact) mass is 278 g/mol. The Bertz CT molecular complexity index is 401. The fourth-order valence-electron chi connectivity index (χ4n) is 2.90. The molecule has 0 unspecified atom stereocenters. The summed E-state index contributed by atoms with van der Waals surface area (Å²) in [6, 6.07) is 0. The van der Waals surface area contributed by atoms with E-state index in [4.69, 9.17) is 0 Å². The molecule has 4 nitrogen and oxygen atoms in total. The Balaban J connectivity index is 1.94. The number of amides is 2. The summed E-state index contributed by atoms with van der Waals surface area (Å²) in [6.07, 6.45) is 3.91. The van der Waals surface area contributed by atoms with Crippen LogP contribution in [-0.2, 0) is 9.59 Å². The van der Waals surface area contributed by atoms with Crippen molar-refractivity contribution in [2.75, 3.05) is 26.2 Å². The van der Waals surface area contributed by atoms with Gasteiger partial charge in [-0.15, -0.1) is 0 Å². The minimum atomic E-state index is -0.0225. The quantitative estimate of drug-likeness (QED) is 0.722. The fraction of sp³-hybridized carbons (Fsp3) is 0.750. The van der Waals surface area contributed by atoms with Crippen molar-refractivity contribution in [3.8, 4) is 0 Å². The molecule has 0 aromatic rings. The molecule has 0 aromatic carbocycles. The fourth-order valence-corrected chi connectivity index (χ4v) is 2.90. The molecular formula is C16H26N2O2. The van der Waals surface area contributed by atoms with Gasteiger partial charge in [-0.1, -0.05) is 12.2 Å². The average molecular weight is 278 g/mol. The van der Waals surface area contributed by atoms with Crippen LogP contribution in [0.25, 0.3) is 0 Å². The zero-order chi connectivity index (χ0) is 14.7. The molecule has 0 radical (unpaired) electrons. The Labute approximate surface area is 121 Å². The highest BCUT2D eigenvalue weighted by atomic mass is 16.2. The largest absolute Gasteiger partial charge is 0.342 e. The van der Waals surface area contributed by atoms with Crippen LogP contribution in [0, 0.1) is 11.8 Å². The van der Waals surface area contributed by atoms with Crippen LogP contribution in [0.2, 0.25) is 0 Å². The molecule has 1 aliphatic carbocycles. The number of likely N-dealkylation sites (tertiary alicyclic amines) is 1. The number of carbonyl (C=O) groups excluding carboxylic acids is 2. The van der Waals surface area contributed by atoms with Gasteiger partial charge >= 0.3 is 0 Å². The van der Waals surface area contributed by atoms with Gasteiger partial charge in [0.05, 0.1) is 5.92 Å². The van der Waals surface area contributed by atoms with Gasteiger partial charge in [0.1, 0.15) is 0 Å². The van der Waals surface area contributed by atoms with Crippen LogP contribution >= 0.6 is 0 Å². The Kier molecular flexibility index (Phi) is 4.84. The van der Waals surface area contributed by atoms with E-state index in [1.54, 1.807) is 0 Å². The molecular weight excluding hydrogens is 252 g/mol. The van der Waals surface area contributed by atoms with Crippen molar-refractivity contribution < 1.29 is 9.59 Å². The van der Waals surface area contributed by atoms with Gasteiger partial charge in [-0.25, -0.2) is 0 Å². The number of nitrogens with zero attached hydrogens (tertiary/aromatic N) is 2. The minimum absolute atomic E-state index is 0.0225. The molecule has 2 aliphatic rings. The van der Waals surface area contributed by atoms with E-state index in [0.29, 0.717) is 19.6 Å². The molecule has 1 atom stereocenters. The maximum absolute atomic E-state index is 12.6. The molecule has 1 saturated carbocycles. The predicted octanol–water partition coefficient (Wildman–Crippen LogP) is 2.06. The molecule has 0 aromatic heterocycles. The van der Waals surface area contributed by atoms with Crippen LogP contribution in [-0.4, -0.2) is 47.8 Å². The molecule has 4 heteroatoms. The maximum atomic E-state index is 12.6. The highest BCUT2D eigenvalue weighted by molar-refractivity contribution is 5.83. The van der Waals surface area contributed by atoms with Crippen LogP contribution in [0.1, 0.15) is 39.5 Å². The second-order valence-electron chi connectivity index (χ2n) is 6.21. The van der Waals surface area contributed by atoms with Gasteiger partial charge in [-0.3, -0.25) is 9.59 Å². The smallest absolute Gasteiger partial charge is 0.227 e. The summed E-state index contributed by atoms with van der Waals surface area (Å²) < 4.78 is 0. The van der Waals surface area contributed by atoms with Gasteiger partial charge < -0.3 is 9.80 Å². The molecule has 0 bridgehead atoms. The standard InChI is InChI=1S/C16H26N2O2/c1-4-17(10-12(2)3)16(20)14-6-5-9-18(11-14)15(19)13-7-8-13/h13-14H,2,4-11H2,1,3H3/t14-/m0/s1. The van der Waals surface area contributed by atoms with E-state index in [2.05, 4.69) is 6.58 Å². The lowest BCUT2D eigenvalue weighted by atomic mass is 9.96. The first-order chi connectivity index (χ1) is 9.52. The van der Waals surface area contributed by atoms with Gasteiger partial charge in [0, 0.05) is 32.1 Å². The van der Waals surface area contributed by atoms with E-state index in [-0.39, 0.29) is 23.7 Å². The molecule has 1 aliphatic heterocycles. The van der Waals surface area contributed by atoms with Crippen LogP contribution in [0.15, 0.2) is 12.2 Å².